The summed E-state index contributed by atoms with van der Waals surface area (Å²) in [4.78, 5) is 4.70. The predicted molar refractivity (Wildman–Crippen MR) is 78.1 cm³/mol. The van der Waals surface area contributed by atoms with E-state index in [0.29, 0.717) is 0 Å². The number of benzene rings is 1. The van der Waals surface area contributed by atoms with E-state index in [-0.39, 0.29) is 0 Å². The summed E-state index contributed by atoms with van der Waals surface area (Å²) in [6.45, 7) is 0.951. The molecule has 3 rings (SSSR count). The Morgan fingerprint density at radius 1 is 1.20 bits per heavy atom. The first-order valence-corrected chi connectivity index (χ1v) is 6.82. The monoisotopic (exact) mass is 273 g/mol. The third-order valence-electron chi connectivity index (χ3n) is 3.78. The molecule has 20 heavy (non-hydrogen) atoms. The highest BCUT2D eigenvalue weighted by Gasteiger charge is 2.21. The number of methoxy groups -OCH3 is 2. The number of aromatic nitrogens is 2. The fourth-order valence-corrected chi connectivity index (χ4v) is 2.70. The second-order valence-corrected chi connectivity index (χ2v) is 4.94. The van der Waals surface area contributed by atoms with Gasteiger partial charge in [-0.2, -0.15) is 0 Å². The maximum atomic E-state index is 6.26. The average Bonchev–Trinajstić information content (AvgIpc) is 2.84. The molecule has 1 aliphatic heterocycles. The number of rotatable bonds is 3. The highest BCUT2D eigenvalue weighted by atomic mass is 16.5. The van der Waals surface area contributed by atoms with Crippen LogP contribution in [-0.4, -0.2) is 23.8 Å². The van der Waals surface area contributed by atoms with Gasteiger partial charge in [0.25, 0.3) is 0 Å². The lowest BCUT2D eigenvalue weighted by atomic mass is 10.1. The molecule has 2 heterocycles. The van der Waals surface area contributed by atoms with Crippen LogP contribution in [0.4, 0.5) is 5.82 Å². The van der Waals surface area contributed by atoms with Crippen molar-refractivity contribution in [1.29, 1.82) is 0 Å². The van der Waals surface area contributed by atoms with E-state index >= 15 is 0 Å². The Kier molecular flexibility index (Phi) is 3.26. The maximum Gasteiger partial charge on any atom is 0.132 e. The van der Waals surface area contributed by atoms with Gasteiger partial charge in [-0.15, -0.1) is 0 Å². The van der Waals surface area contributed by atoms with E-state index in [1.165, 1.54) is 6.42 Å². The minimum Gasteiger partial charge on any atom is -0.497 e. The molecule has 0 radical (unpaired) electrons. The minimum absolute atomic E-state index is 0.725. The lowest BCUT2D eigenvalue weighted by Gasteiger charge is -2.14. The standard InChI is InChI=1S/C15H19N3O2/c1-19-10-6-7-11(12(9-10)20-2)14-15(16)18-8-4-3-5-13(18)17-14/h6-7,9H,3-5,8,16H2,1-2H3. The highest BCUT2D eigenvalue weighted by molar-refractivity contribution is 5.77. The van der Waals surface area contributed by atoms with Crippen LogP contribution in [0.2, 0.25) is 0 Å². The van der Waals surface area contributed by atoms with Crippen LogP contribution in [0.15, 0.2) is 18.2 Å². The van der Waals surface area contributed by atoms with Gasteiger partial charge in [-0.1, -0.05) is 0 Å². The predicted octanol–water partition coefficient (Wildman–Crippen LogP) is 2.49. The molecule has 0 saturated heterocycles. The van der Waals surface area contributed by atoms with Gasteiger partial charge >= 0.3 is 0 Å². The number of nitrogens with zero attached hydrogens (tertiary/aromatic N) is 2. The fourth-order valence-electron chi connectivity index (χ4n) is 2.70. The van der Waals surface area contributed by atoms with Crippen molar-refractivity contribution in [3.8, 4) is 22.8 Å². The van der Waals surface area contributed by atoms with E-state index in [2.05, 4.69) is 4.57 Å². The van der Waals surface area contributed by atoms with Crippen LogP contribution in [0.25, 0.3) is 11.3 Å². The molecule has 0 spiro atoms. The van der Waals surface area contributed by atoms with Crippen molar-refractivity contribution in [1.82, 2.24) is 9.55 Å². The van der Waals surface area contributed by atoms with Crippen molar-refractivity contribution in [2.45, 2.75) is 25.8 Å². The molecule has 0 amide bonds. The van der Waals surface area contributed by atoms with Gasteiger partial charge in [-0.05, 0) is 25.0 Å². The van der Waals surface area contributed by atoms with Crippen molar-refractivity contribution in [2.24, 2.45) is 0 Å². The Hall–Kier alpha value is -2.17. The molecule has 5 nitrogen and oxygen atoms in total. The third kappa shape index (κ3) is 1.99. The zero-order valence-electron chi connectivity index (χ0n) is 11.8. The summed E-state index contributed by atoms with van der Waals surface area (Å²) in [5, 5.41) is 0. The van der Waals surface area contributed by atoms with Crippen LogP contribution in [0.1, 0.15) is 18.7 Å². The summed E-state index contributed by atoms with van der Waals surface area (Å²) in [6.07, 6.45) is 3.32. The van der Waals surface area contributed by atoms with Gasteiger partial charge in [0.15, 0.2) is 0 Å². The van der Waals surface area contributed by atoms with Crippen LogP contribution < -0.4 is 15.2 Å². The SMILES string of the molecule is COc1ccc(-c2nc3n(c2N)CCCC3)c(OC)c1. The highest BCUT2D eigenvalue weighted by Crippen LogP contribution is 2.37. The third-order valence-corrected chi connectivity index (χ3v) is 3.78. The van der Waals surface area contributed by atoms with Crippen LogP contribution >= 0.6 is 0 Å². The van der Waals surface area contributed by atoms with Crippen molar-refractivity contribution in [3.05, 3.63) is 24.0 Å². The molecule has 0 bridgehead atoms. The van der Waals surface area contributed by atoms with Gasteiger partial charge in [0.1, 0.15) is 28.8 Å². The molecule has 1 aromatic carbocycles. The summed E-state index contributed by atoms with van der Waals surface area (Å²) in [6, 6.07) is 5.70. The van der Waals surface area contributed by atoms with Crippen LogP contribution in [0.3, 0.4) is 0 Å². The summed E-state index contributed by atoms with van der Waals surface area (Å²) >= 11 is 0. The Bertz CT molecular complexity index is 634. The number of nitrogen functional groups attached to an aromatic ring is 1. The number of aryl methyl sites for hydroxylation is 1. The van der Waals surface area contributed by atoms with Gasteiger partial charge in [-0.3, -0.25) is 0 Å². The lowest BCUT2D eigenvalue weighted by molar-refractivity contribution is 0.395. The van der Waals surface area contributed by atoms with E-state index < -0.39 is 0 Å². The molecule has 1 aliphatic rings. The van der Waals surface area contributed by atoms with Gasteiger partial charge in [-0.25, -0.2) is 4.98 Å². The Balaban J connectivity index is 2.11. The molecule has 5 heteroatoms. The van der Waals surface area contributed by atoms with Gasteiger partial charge in [0, 0.05) is 24.6 Å². The second-order valence-electron chi connectivity index (χ2n) is 4.94. The average molecular weight is 273 g/mol. The molecule has 0 saturated carbocycles. The zero-order chi connectivity index (χ0) is 14.1. The molecular weight excluding hydrogens is 254 g/mol. The Morgan fingerprint density at radius 2 is 2.05 bits per heavy atom. The molecule has 0 atom stereocenters. The largest absolute Gasteiger partial charge is 0.497 e. The van der Waals surface area contributed by atoms with E-state index in [4.69, 9.17) is 20.2 Å². The normalized spacial score (nSPS) is 13.9. The Morgan fingerprint density at radius 3 is 2.75 bits per heavy atom. The van der Waals surface area contributed by atoms with Crippen molar-refractivity contribution in [3.63, 3.8) is 0 Å². The molecule has 1 aromatic heterocycles. The summed E-state index contributed by atoms with van der Waals surface area (Å²) in [5.74, 6) is 3.28. The van der Waals surface area contributed by atoms with E-state index in [9.17, 15) is 0 Å². The lowest BCUT2D eigenvalue weighted by Crippen LogP contribution is -2.12. The number of anilines is 1. The van der Waals surface area contributed by atoms with Gasteiger partial charge in [0.05, 0.1) is 14.2 Å². The topological polar surface area (TPSA) is 62.3 Å². The quantitative estimate of drug-likeness (QED) is 0.933. The van der Waals surface area contributed by atoms with E-state index in [1.54, 1.807) is 14.2 Å². The number of hydrogen-bond donors (Lipinski definition) is 1. The molecule has 0 fully saturated rings. The smallest absolute Gasteiger partial charge is 0.132 e. The van der Waals surface area contributed by atoms with E-state index in [0.717, 1.165) is 53.8 Å². The molecule has 106 valence electrons. The van der Waals surface area contributed by atoms with E-state index in [1.807, 2.05) is 18.2 Å². The summed E-state index contributed by atoms with van der Waals surface area (Å²) in [5.41, 5.74) is 7.98. The molecular formula is C15H19N3O2. The first-order valence-electron chi connectivity index (χ1n) is 6.82. The number of hydrogen-bond acceptors (Lipinski definition) is 4. The summed E-state index contributed by atoms with van der Waals surface area (Å²) in [7, 11) is 3.28. The zero-order valence-corrected chi connectivity index (χ0v) is 11.8. The van der Waals surface area contributed by atoms with Gasteiger partial charge in [0.2, 0.25) is 0 Å². The van der Waals surface area contributed by atoms with Gasteiger partial charge < -0.3 is 19.8 Å². The number of ether oxygens (including phenoxy) is 2. The van der Waals surface area contributed by atoms with Crippen molar-refractivity contribution < 1.29 is 9.47 Å². The van der Waals surface area contributed by atoms with Crippen molar-refractivity contribution in [2.75, 3.05) is 20.0 Å². The van der Waals surface area contributed by atoms with Crippen LogP contribution in [0.5, 0.6) is 11.5 Å². The molecule has 0 unspecified atom stereocenters. The second kappa shape index (κ2) is 5.07. The first-order chi connectivity index (χ1) is 9.74. The van der Waals surface area contributed by atoms with Crippen LogP contribution in [0, 0.1) is 0 Å². The molecule has 0 aliphatic carbocycles. The molecule has 2 N–H and O–H groups in total. The molecule has 2 aromatic rings. The minimum atomic E-state index is 0.725. The summed E-state index contributed by atoms with van der Waals surface area (Å²) < 4.78 is 12.8. The number of imidazole rings is 1. The van der Waals surface area contributed by atoms with Crippen molar-refractivity contribution >= 4 is 5.82 Å². The number of nitrogens with two attached hydrogens (primary N) is 1. The fraction of sp³-hybridized carbons (Fsp3) is 0.400. The first kappa shape index (κ1) is 12.8. The van der Waals surface area contributed by atoms with Crippen LogP contribution in [-0.2, 0) is 13.0 Å². The number of fused-ring (bicyclic) bond motifs is 1. The maximum absolute atomic E-state index is 6.26. The Labute approximate surface area is 118 Å².